The van der Waals surface area contributed by atoms with Gasteiger partial charge >= 0.3 is 0 Å². The molecule has 1 aliphatic rings. The van der Waals surface area contributed by atoms with Gasteiger partial charge in [0.2, 0.25) is 0 Å². The number of halogens is 1. The summed E-state index contributed by atoms with van der Waals surface area (Å²) in [5, 5.41) is 13.9. The molecule has 1 aliphatic carbocycles. The van der Waals surface area contributed by atoms with Crippen LogP contribution in [0.15, 0.2) is 24.3 Å². The molecule has 1 saturated carbocycles. The van der Waals surface area contributed by atoms with Gasteiger partial charge in [-0.15, -0.1) is 0 Å². The second kappa shape index (κ2) is 6.90. The number of aromatic nitrogens is 3. The maximum Gasteiger partial charge on any atom is 0.199 e. The average molecular weight is 336 g/mol. The molecule has 1 fully saturated rings. The van der Waals surface area contributed by atoms with Crippen LogP contribution in [-0.2, 0) is 19.8 Å². The molecule has 23 heavy (non-hydrogen) atoms. The zero-order valence-electron chi connectivity index (χ0n) is 13.2. The van der Waals surface area contributed by atoms with Crippen LogP contribution in [0.4, 0.5) is 4.39 Å². The standard InChI is InChI=1S/C16H21FN4OS/c1-2-19(9-12-4-3-5-13(17)8-12)11-20-16(23)21(14-6-7-14)15(10-22)18-20/h3-5,8,14,22H,2,6-7,9-11H2,1H3. The Bertz CT molecular complexity index is 738. The summed E-state index contributed by atoms with van der Waals surface area (Å²) < 4.78 is 17.7. The minimum atomic E-state index is -0.226. The summed E-state index contributed by atoms with van der Waals surface area (Å²) in [6.07, 6.45) is 2.18. The fourth-order valence-electron chi connectivity index (χ4n) is 2.71. The molecular weight excluding hydrogens is 315 g/mol. The Morgan fingerprint density at radius 2 is 2.22 bits per heavy atom. The highest BCUT2D eigenvalue weighted by molar-refractivity contribution is 7.71. The number of hydrogen-bond acceptors (Lipinski definition) is 4. The van der Waals surface area contributed by atoms with Crippen LogP contribution in [0.2, 0.25) is 0 Å². The van der Waals surface area contributed by atoms with Crippen LogP contribution < -0.4 is 0 Å². The molecular formula is C16H21FN4OS. The lowest BCUT2D eigenvalue weighted by Crippen LogP contribution is -2.26. The van der Waals surface area contributed by atoms with Gasteiger partial charge < -0.3 is 5.11 Å². The summed E-state index contributed by atoms with van der Waals surface area (Å²) in [7, 11) is 0. The van der Waals surface area contributed by atoms with Crippen molar-refractivity contribution in [2.24, 2.45) is 0 Å². The lowest BCUT2D eigenvalue weighted by atomic mass is 10.2. The summed E-state index contributed by atoms with van der Waals surface area (Å²) in [6, 6.07) is 7.00. The smallest absolute Gasteiger partial charge is 0.199 e. The molecule has 2 aromatic rings. The molecule has 7 heteroatoms. The van der Waals surface area contributed by atoms with Crippen molar-refractivity contribution in [1.29, 1.82) is 0 Å². The Hall–Kier alpha value is -1.57. The first-order valence-electron chi connectivity index (χ1n) is 7.88. The molecule has 3 rings (SSSR count). The second-order valence-corrected chi connectivity index (χ2v) is 6.24. The second-order valence-electron chi connectivity index (χ2n) is 5.87. The summed E-state index contributed by atoms with van der Waals surface area (Å²) in [5.74, 6) is 0.398. The topological polar surface area (TPSA) is 46.2 Å². The third kappa shape index (κ3) is 3.68. The highest BCUT2D eigenvalue weighted by Gasteiger charge is 2.28. The minimum absolute atomic E-state index is 0.108. The van der Waals surface area contributed by atoms with Gasteiger partial charge in [-0.2, -0.15) is 5.10 Å². The predicted octanol–water partition coefficient (Wildman–Crippen LogP) is 2.86. The van der Waals surface area contributed by atoms with Gasteiger partial charge in [-0.25, -0.2) is 9.07 Å². The van der Waals surface area contributed by atoms with Crippen molar-refractivity contribution in [1.82, 2.24) is 19.2 Å². The van der Waals surface area contributed by atoms with E-state index >= 15 is 0 Å². The lowest BCUT2D eigenvalue weighted by molar-refractivity contribution is 0.205. The van der Waals surface area contributed by atoms with Gasteiger partial charge in [-0.1, -0.05) is 19.1 Å². The Balaban J connectivity index is 1.78. The van der Waals surface area contributed by atoms with Crippen molar-refractivity contribution in [3.8, 4) is 0 Å². The van der Waals surface area contributed by atoms with Gasteiger partial charge in [0.15, 0.2) is 10.6 Å². The van der Waals surface area contributed by atoms with Gasteiger partial charge in [-0.3, -0.25) is 9.47 Å². The summed E-state index contributed by atoms with van der Waals surface area (Å²) in [5.41, 5.74) is 0.919. The third-order valence-corrected chi connectivity index (χ3v) is 4.48. The Morgan fingerprint density at radius 1 is 1.43 bits per heavy atom. The van der Waals surface area contributed by atoms with Crippen LogP contribution in [0.3, 0.4) is 0 Å². The molecule has 1 aromatic heterocycles. The number of nitrogens with zero attached hydrogens (tertiary/aromatic N) is 4. The monoisotopic (exact) mass is 336 g/mol. The molecule has 5 nitrogen and oxygen atoms in total. The van der Waals surface area contributed by atoms with Crippen molar-refractivity contribution in [3.63, 3.8) is 0 Å². The van der Waals surface area contributed by atoms with Crippen LogP contribution in [0, 0.1) is 10.6 Å². The van der Waals surface area contributed by atoms with Crippen LogP contribution in [0.1, 0.15) is 37.2 Å². The molecule has 0 aliphatic heterocycles. The van der Waals surface area contributed by atoms with E-state index in [0.29, 0.717) is 29.9 Å². The van der Waals surface area contributed by atoms with E-state index in [2.05, 4.69) is 10.00 Å². The largest absolute Gasteiger partial charge is 0.388 e. The third-order valence-electron chi connectivity index (χ3n) is 4.07. The van der Waals surface area contributed by atoms with E-state index in [-0.39, 0.29) is 12.4 Å². The average Bonchev–Trinajstić information content (AvgIpc) is 3.32. The summed E-state index contributed by atoms with van der Waals surface area (Å²) in [6.45, 7) is 3.89. The first-order valence-corrected chi connectivity index (χ1v) is 8.29. The predicted molar refractivity (Wildman–Crippen MR) is 87.7 cm³/mol. The van der Waals surface area contributed by atoms with Crippen molar-refractivity contribution in [2.75, 3.05) is 6.54 Å². The molecule has 0 atom stereocenters. The van der Waals surface area contributed by atoms with Crippen LogP contribution in [0.5, 0.6) is 0 Å². The van der Waals surface area contributed by atoms with E-state index in [1.807, 2.05) is 17.6 Å². The minimum Gasteiger partial charge on any atom is -0.388 e. The summed E-state index contributed by atoms with van der Waals surface area (Å²) in [4.78, 5) is 2.13. The molecule has 1 N–H and O–H groups in total. The maximum atomic E-state index is 13.3. The van der Waals surface area contributed by atoms with Gasteiger partial charge in [0.1, 0.15) is 12.4 Å². The van der Waals surface area contributed by atoms with E-state index in [0.717, 1.165) is 24.9 Å². The zero-order chi connectivity index (χ0) is 16.4. The molecule has 0 spiro atoms. The van der Waals surface area contributed by atoms with Gasteiger partial charge in [0, 0.05) is 12.6 Å². The fourth-order valence-corrected chi connectivity index (χ4v) is 3.06. The Kier molecular flexibility index (Phi) is 4.89. The van der Waals surface area contributed by atoms with Gasteiger partial charge in [0.25, 0.3) is 0 Å². The Labute approximate surface area is 140 Å². The van der Waals surface area contributed by atoms with E-state index in [1.165, 1.54) is 6.07 Å². The highest BCUT2D eigenvalue weighted by Crippen LogP contribution is 2.36. The molecule has 124 valence electrons. The van der Waals surface area contributed by atoms with E-state index in [1.54, 1.807) is 16.8 Å². The van der Waals surface area contributed by atoms with Crippen LogP contribution in [-0.4, -0.2) is 30.9 Å². The first-order chi connectivity index (χ1) is 11.1. The van der Waals surface area contributed by atoms with Gasteiger partial charge in [0.05, 0.1) is 6.67 Å². The van der Waals surface area contributed by atoms with Gasteiger partial charge in [-0.05, 0) is 49.3 Å². The Morgan fingerprint density at radius 3 is 2.83 bits per heavy atom. The molecule has 0 saturated heterocycles. The van der Waals surface area contributed by atoms with E-state index < -0.39 is 0 Å². The summed E-state index contributed by atoms with van der Waals surface area (Å²) >= 11 is 5.51. The number of hydrogen-bond donors (Lipinski definition) is 1. The van der Waals surface area contributed by atoms with Crippen molar-refractivity contribution < 1.29 is 9.50 Å². The quantitative estimate of drug-likeness (QED) is 0.790. The molecule has 1 heterocycles. The number of aliphatic hydroxyl groups is 1. The fraction of sp³-hybridized carbons (Fsp3) is 0.500. The van der Waals surface area contributed by atoms with Crippen LogP contribution >= 0.6 is 12.2 Å². The maximum absolute atomic E-state index is 13.3. The normalized spacial score (nSPS) is 14.6. The lowest BCUT2D eigenvalue weighted by Gasteiger charge is -2.20. The molecule has 0 radical (unpaired) electrons. The van der Waals surface area contributed by atoms with Crippen molar-refractivity contribution in [3.05, 3.63) is 46.2 Å². The molecule has 0 amide bonds. The number of benzene rings is 1. The van der Waals surface area contributed by atoms with E-state index in [9.17, 15) is 9.50 Å². The van der Waals surface area contributed by atoms with Crippen molar-refractivity contribution >= 4 is 12.2 Å². The van der Waals surface area contributed by atoms with Crippen LogP contribution in [0.25, 0.3) is 0 Å². The molecule has 0 bridgehead atoms. The number of aliphatic hydroxyl groups excluding tert-OH is 1. The number of rotatable bonds is 7. The molecule has 1 aromatic carbocycles. The van der Waals surface area contributed by atoms with Crippen molar-refractivity contribution in [2.45, 2.75) is 45.6 Å². The first kappa shape index (κ1) is 16.3. The van der Waals surface area contributed by atoms with E-state index in [4.69, 9.17) is 12.2 Å². The zero-order valence-corrected chi connectivity index (χ0v) is 14.0. The highest BCUT2D eigenvalue weighted by atomic mass is 32.1. The SMILES string of the molecule is CCN(Cc1cccc(F)c1)Cn1nc(CO)n(C2CC2)c1=S. The molecule has 0 unspecified atom stereocenters.